The molecule has 0 spiro atoms. The third-order valence-corrected chi connectivity index (χ3v) is 2.74. The van der Waals surface area contributed by atoms with Crippen molar-refractivity contribution >= 4 is 0 Å². The first kappa shape index (κ1) is 12.2. The Kier molecular flexibility index (Phi) is 5.40. The Morgan fingerprint density at radius 3 is 2.80 bits per heavy atom. The summed E-state index contributed by atoms with van der Waals surface area (Å²) in [5.74, 6) is 1.21. The highest BCUT2D eigenvalue weighted by atomic mass is 15.1. The van der Waals surface area contributed by atoms with Gasteiger partial charge in [0.05, 0.1) is 0 Å². The molecule has 1 rings (SSSR count). The van der Waals surface area contributed by atoms with Crippen LogP contribution >= 0.6 is 0 Å². The quantitative estimate of drug-likeness (QED) is 0.746. The van der Waals surface area contributed by atoms with Gasteiger partial charge in [0.1, 0.15) is 5.82 Å². The summed E-state index contributed by atoms with van der Waals surface area (Å²) in [5, 5.41) is 3.36. The van der Waals surface area contributed by atoms with Crippen LogP contribution in [0, 0.1) is 0 Å². The predicted octanol–water partition coefficient (Wildman–Crippen LogP) is 2.22. The van der Waals surface area contributed by atoms with E-state index in [9.17, 15) is 0 Å². The maximum absolute atomic E-state index is 4.43. The number of hydrogen-bond donors (Lipinski definition) is 1. The van der Waals surface area contributed by atoms with Crippen molar-refractivity contribution in [3.8, 4) is 0 Å². The van der Waals surface area contributed by atoms with Crippen LogP contribution in [-0.2, 0) is 13.0 Å². The lowest BCUT2D eigenvalue weighted by molar-refractivity contribution is 0.488. The maximum atomic E-state index is 4.43. The van der Waals surface area contributed by atoms with Crippen LogP contribution in [0.5, 0.6) is 0 Å². The summed E-state index contributed by atoms with van der Waals surface area (Å²) >= 11 is 0. The van der Waals surface area contributed by atoms with Gasteiger partial charge in [-0.05, 0) is 19.9 Å². The molecule has 1 aromatic rings. The fourth-order valence-corrected chi connectivity index (χ4v) is 1.89. The van der Waals surface area contributed by atoms with Gasteiger partial charge in [0.15, 0.2) is 0 Å². The van der Waals surface area contributed by atoms with Gasteiger partial charge in [-0.15, -0.1) is 0 Å². The molecule has 0 bridgehead atoms. The Morgan fingerprint density at radius 2 is 2.20 bits per heavy atom. The Hall–Kier alpha value is -0.830. The molecule has 0 saturated carbocycles. The summed E-state index contributed by atoms with van der Waals surface area (Å²) in [6, 6.07) is 0.563. The van der Waals surface area contributed by atoms with Gasteiger partial charge in [-0.1, -0.05) is 20.3 Å². The van der Waals surface area contributed by atoms with E-state index in [0.29, 0.717) is 6.04 Å². The van der Waals surface area contributed by atoms with Crippen LogP contribution in [0.2, 0.25) is 0 Å². The van der Waals surface area contributed by atoms with E-state index in [1.54, 1.807) is 0 Å². The minimum atomic E-state index is 0.563. The van der Waals surface area contributed by atoms with Gasteiger partial charge in [-0.2, -0.15) is 0 Å². The number of nitrogens with zero attached hydrogens (tertiary/aromatic N) is 2. The Bertz CT molecular complexity index is 268. The molecule has 0 radical (unpaired) electrons. The molecule has 1 unspecified atom stereocenters. The summed E-state index contributed by atoms with van der Waals surface area (Å²) in [7, 11) is 2.04. The van der Waals surface area contributed by atoms with Crippen molar-refractivity contribution in [3.63, 3.8) is 0 Å². The third kappa shape index (κ3) is 3.67. The van der Waals surface area contributed by atoms with Crippen molar-refractivity contribution in [2.75, 3.05) is 7.05 Å². The monoisotopic (exact) mass is 209 g/mol. The molecule has 0 aromatic carbocycles. The Morgan fingerprint density at radius 1 is 1.40 bits per heavy atom. The summed E-state index contributed by atoms with van der Waals surface area (Å²) in [6.07, 6.45) is 8.63. The number of aromatic nitrogens is 2. The second kappa shape index (κ2) is 6.62. The van der Waals surface area contributed by atoms with Crippen molar-refractivity contribution in [2.24, 2.45) is 0 Å². The molecule has 1 aromatic heterocycles. The molecule has 0 saturated heterocycles. The number of imidazole rings is 1. The van der Waals surface area contributed by atoms with E-state index < -0.39 is 0 Å². The highest BCUT2D eigenvalue weighted by Crippen LogP contribution is 2.06. The molecule has 0 amide bonds. The van der Waals surface area contributed by atoms with E-state index >= 15 is 0 Å². The second-order valence-corrected chi connectivity index (χ2v) is 4.02. The molecular formula is C12H23N3. The van der Waals surface area contributed by atoms with Crippen molar-refractivity contribution in [1.29, 1.82) is 0 Å². The molecule has 1 atom stereocenters. The van der Waals surface area contributed by atoms with Crippen molar-refractivity contribution in [2.45, 2.75) is 52.1 Å². The molecule has 3 nitrogen and oxygen atoms in total. The predicted molar refractivity (Wildman–Crippen MR) is 64.0 cm³/mol. The average Bonchev–Trinajstić information content (AvgIpc) is 2.66. The normalized spacial score (nSPS) is 13.0. The van der Waals surface area contributed by atoms with Gasteiger partial charge < -0.3 is 9.88 Å². The third-order valence-electron chi connectivity index (χ3n) is 2.74. The van der Waals surface area contributed by atoms with Crippen LogP contribution in [0.4, 0.5) is 0 Å². The van der Waals surface area contributed by atoms with Crippen LogP contribution in [0.3, 0.4) is 0 Å². The lowest BCUT2D eigenvalue weighted by Crippen LogP contribution is -2.28. The number of aryl methyl sites for hydroxylation is 1. The Balaban J connectivity index is 2.57. The first-order chi connectivity index (χ1) is 7.31. The zero-order valence-electron chi connectivity index (χ0n) is 10.2. The molecule has 0 aliphatic carbocycles. The van der Waals surface area contributed by atoms with Crippen molar-refractivity contribution in [3.05, 3.63) is 18.2 Å². The van der Waals surface area contributed by atoms with Crippen LogP contribution < -0.4 is 5.32 Å². The van der Waals surface area contributed by atoms with E-state index in [-0.39, 0.29) is 0 Å². The first-order valence-electron chi connectivity index (χ1n) is 5.99. The maximum Gasteiger partial charge on any atom is 0.110 e. The van der Waals surface area contributed by atoms with Crippen molar-refractivity contribution in [1.82, 2.24) is 14.9 Å². The van der Waals surface area contributed by atoms with Gasteiger partial charge in [-0.25, -0.2) is 4.98 Å². The van der Waals surface area contributed by atoms with Crippen molar-refractivity contribution < 1.29 is 0 Å². The topological polar surface area (TPSA) is 29.9 Å². The van der Waals surface area contributed by atoms with Gasteiger partial charge in [0, 0.05) is 31.4 Å². The lowest BCUT2D eigenvalue weighted by Gasteiger charge is -2.15. The smallest absolute Gasteiger partial charge is 0.110 e. The molecule has 0 fully saturated rings. The minimum Gasteiger partial charge on any atom is -0.335 e. The molecule has 15 heavy (non-hydrogen) atoms. The minimum absolute atomic E-state index is 0.563. The second-order valence-electron chi connectivity index (χ2n) is 4.02. The molecule has 1 heterocycles. The van der Waals surface area contributed by atoms with Crippen LogP contribution in [0.25, 0.3) is 0 Å². The van der Waals surface area contributed by atoms with Gasteiger partial charge in [0.2, 0.25) is 0 Å². The van der Waals surface area contributed by atoms with Gasteiger partial charge >= 0.3 is 0 Å². The lowest BCUT2D eigenvalue weighted by atomic mass is 10.1. The molecule has 0 aliphatic rings. The summed E-state index contributed by atoms with van der Waals surface area (Å²) < 4.78 is 2.26. The Labute approximate surface area is 92.9 Å². The van der Waals surface area contributed by atoms with E-state index in [1.807, 2.05) is 13.2 Å². The molecule has 86 valence electrons. The highest BCUT2D eigenvalue weighted by molar-refractivity contribution is 4.95. The number of nitrogens with one attached hydrogen (secondary N) is 1. The molecular weight excluding hydrogens is 186 g/mol. The summed E-state index contributed by atoms with van der Waals surface area (Å²) in [6.45, 7) is 5.51. The summed E-state index contributed by atoms with van der Waals surface area (Å²) in [4.78, 5) is 4.43. The largest absolute Gasteiger partial charge is 0.335 e. The van der Waals surface area contributed by atoms with E-state index in [1.165, 1.54) is 25.1 Å². The molecule has 3 heteroatoms. The van der Waals surface area contributed by atoms with E-state index in [4.69, 9.17) is 0 Å². The number of likely N-dealkylation sites (N-methyl/N-ethyl adjacent to an activating group) is 1. The highest BCUT2D eigenvalue weighted by Gasteiger charge is 2.09. The number of rotatable bonds is 7. The van der Waals surface area contributed by atoms with Gasteiger partial charge in [-0.3, -0.25) is 0 Å². The van der Waals surface area contributed by atoms with Crippen LogP contribution in [0.1, 0.15) is 38.9 Å². The molecule has 0 aliphatic heterocycles. The standard InChI is InChI=1S/C12H23N3/c1-4-6-11(13-3)10-12-14-7-9-15(12)8-5-2/h7,9,11,13H,4-6,8,10H2,1-3H3. The first-order valence-corrected chi connectivity index (χ1v) is 5.99. The van der Waals surface area contributed by atoms with Gasteiger partial charge in [0.25, 0.3) is 0 Å². The zero-order valence-corrected chi connectivity index (χ0v) is 10.2. The van der Waals surface area contributed by atoms with Crippen LogP contribution in [-0.4, -0.2) is 22.6 Å². The van der Waals surface area contributed by atoms with Crippen LogP contribution in [0.15, 0.2) is 12.4 Å². The zero-order chi connectivity index (χ0) is 11.1. The SMILES string of the molecule is CCCC(Cc1nccn1CCC)NC. The van der Waals surface area contributed by atoms with E-state index in [0.717, 1.165) is 13.0 Å². The fourth-order valence-electron chi connectivity index (χ4n) is 1.89. The number of hydrogen-bond acceptors (Lipinski definition) is 2. The molecule has 1 N–H and O–H groups in total. The fraction of sp³-hybridized carbons (Fsp3) is 0.750. The summed E-state index contributed by atoms with van der Waals surface area (Å²) in [5.41, 5.74) is 0. The van der Waals surface area contributed by atoms with E-state index in [2.05, 4.69) is 34.9 Å². The average molecular weight is 209 g/mol.